The first kappa shape index (κ1) is 14.1. The quantitative estimate of drug-likeness (QED) is 0.917. The maximum absolute atomic E-state index is 10.9. The maximum Gasteiger partial charge on any atom is 0.303 e. The summed E-state index contributed by atoms with van der Waals surface area (Å²) in [5.41, 5.74) is 1.40. The molecule has 1 aromatic rings. The summed E-state index contributed by atoms with van der Waals surface area (Å²) in [5.74, 6) is -0.247. The van der Waals surface area contributed by atoms with Gasteiger partial charge in [-0.15, -0.1) is 11.3 Å². The number of thiophene rings is 1. The average Bonchev–Trinajstić information content (AvgIpc) is 2.90. The molecule has 3 atom stereocenters. The second-order valence-corrected chi connectivity index (χ2v) is 7.36. The molecule has 3 heterocycles. The Kier molecular flexibility index (Phi) is 3.87. The molecule has 2 fully saturated rings. The Labute approximate surface area is 124 Å². The van der Waals surface area contributed by atoms with Gasteiger partial charge in [-0.2, -0.15) is 0 Å². The Balaban J connectivity index is 1.74. The van der Waals surface area contributed by atoms with E-state index < -0.39 is 5.97 Å². The lowest BCUT2D eigenvalue weighted by Crippen LogP contribution is -2.44. The number of nitrogens with zero attached hydrogens (tertiary/aromatic N) is 1. The Hall–Kier alpha value is -0.870. The molecule has 3 nitrogen and oxygen atoms in total. The minimum absolute atomic E-state index is 0.354. The number of aliphatic carboxylic acids is 1. The number of hydrogen-bond acceptors (Lipinski definition) is 3. The Bertz CT molecular complexity index is 484. The zero-order valence-electron chi connectivity index (χ0n) is 12.2. The first-order valence-electron chi connectivity index (χ1n) is 7.59. The van der Waals surface area contributed by atoms with Crippen LogP contribution in [0.5, 0.6) is 0 Å². The standard InChI is InChI=1S/C16H23NO2S/c1-10-5-6-20-16(10)11(2)17-13-3-4-14(17)8-12(7-13)9-15(18)19/h5-6,11-14H,3-4,7-9H2,1-2H3,(H,18,19). The van der Waals surface area contributed by atoms with Crippen molar-refractivity contribution in [2.45, 2.75) is 64.1 Å². The number of aryl methyl sites for hydroxylation is 1. The fraction of sp³-hybridized carbons (Fsp3) is 0.688. The molecule has 2 saturated heterocycles. The molecule has 2 aliphatic rings. The summed E-state index contributed by atoms with van der Waals surface area (Å²) in [6.45, 7) is 4.52. The molecule has 1 aromatic heterocycles. The number of carboxylic acids is 1. The van der Waals surface area contributed by atoms with E-state index in [0.29, 0.717) is 30.5 Å². The van der Waals surface area contributed by atoms with Gasteiger partial charge in [0.05, 0.1) is 0 Å². The first-order chi connectivity index (χ1) is 9.56. The van der Waals surface area contributed by atoms with E-state index in [1.807, 2.05) is 11.3 Å². The monoisotopic (exact) mass is 293 g/mol. The molecule has 0 radical (unpaired) electrons. The minimum atomic E-state index is -0.634. The highest BCUT2D eigenvalue weighted by Gasteiger charge is 2.43. The third-order valence-electron chi connectivity index (χ3n) is 5.08. The highest BCUT2D eigenvalue weighted by atomic mass is 32.1. The van der Waals surface area contributed by atoms with Gasteiger partial charge in [0.2, 0.25) is 0 Å². The van der Waals surface area contributed by atoms with E-state index in [1.165, 1.54) is 23.3 Å². The van der Waals surface area contributed by atoms with Gasteiger partial charge in [0.1, 0.15) is 0 Å². The van der Waals surface area contributed by atoms with E-state index in [-0.39, 0.29) is 0 Å². The second kappa shape index (κ2) is 5.49. The van der Waals surface area contributed by atoms with Crippen molar-refractivity contribution < 1.29 is 9.90 Å². The van der Waals surface area contributed by atoms with Crippen molar-refractivity contribution in [3.63, 3.8) is 0 Å². The third-order valence-corrected chi connectivity index (χ3v) is 6.27. The van der Waals surface area contributed by atoms with Gasteiger partial charge in [-0.05, 0) is 62.5 Å². The number of fused-ring (bicyclic) bond motifs is 2. The number of hydrogen-bond donors (Lipinski definition) is 1. The van der Waals surface area contributed by atoms with Crippen molar-refractivity contribution in [1.82, 2.24) is 4.90 Å². The topological polar surface area (TPSA) is 40.5 Å². The van der Waals surface area contributed by atoms with Crippen molar-refractivity contribution >= 4 is 17.3 Å². The zero-order valence-corrected chi connectivity index (χ0v) is 13.0. The highest BCUT2D eigenvalue weighted by molar-refractivity contribution is 7.10. The fourth-order valence-corrected chi connectivity index (χ4v) is 5.31. The summed E-state index contributed by atoms with van der Waals surface area (Å²) in [6.07, 6.45) is 4.98. The lowest BCUT2D eigenvalue weighted by Gasteiger charge is -2.42. The molecule has 20 heavy (non-hydrogen) atoms. The summed E-state index contributed by atoms with van der Waals surface area (Å²) >= 11 is 1.86. The van der Waals surface area contributed by atoms with Gasteiger partial charge < -0.3 is 5.11 Å². The smallest absolute Gasteiger partial charge is 0.303 e. The molecule has 0 amide bonds. The van der Waals surface area contributed by atoms with Gasteiger partial charge in [-0.25, -0.2) is 0 Å². The Morgan fingerprint density at radius 1 is 1.45 bits per heavy atom. The molecule has 0 spiro atoms. The maximum atomic E-state index is 10.9. The molecule has 3 unspecified atom stereocenters. The largest absolute Gasteiger partial charge is 0.481 e. The van der Waals surface area contributed by atoms with Crippen LogP contribution in [0.15, 0.2) is 11.4 Å². The molecule has 1 N–H and O–H groups in total. The Morgan fingerprint density at radius 2 is 2.10 bits per heavy atom. The molecule has 4 heteroatoms. The van der Waals surface area contributed by atoms with E-state index >= 15 is 0 Å². The predicted molar refractivity (Wildman–Crippen MR) is 81.1 cm³/mol. The molecule has 2 aliphatic heterocycles. The summed E-state index contributed by atoms with van der Waals surface area (Å²) < 4.78 is 0. The van der Waals surface area contributed by atoms with Gasteiger partial charge in [-0.1, -0.05) is 0 Å². The van der Waals surface area contributed by atoms with Gasteiger partial charge >= 0.3 is 5.97 Å². The lowest BCUT2D eigenvalue weighted by molar-refractivity contribution is -0.138. The number of carboxylic acid groups (broad SMARTS) is 1. The molecular weight excluding hydrogens is 270 g/mol. The van der Waals surface area contributed by atoms with E-state index in [2.05, 4.69) is 30.2 Å². The molecule has 0 saturated carbocycles. The van der Waals surface area contributed by atoms with Crippen LogP contribution in [0, 0.1) is 12.8 Å². The second-order valence-electron chi connectivity index (χ2n) is 6.41. The van der Waals surface area contributed by atoms with Crippen molar-refractivity contribution in [3.8, 4) is 0 Å². The molecule has 2 bridgehead atoms. The minimum Gasteiger partial charge on any atom is -0.481 e. The van der Waals surface area contributed by atoms with Gasteiger partial charge in [0, 0.05) is 29.4 Å². The van der Waals surface area contributed by atoms with Gasteiger partial charge in [-0.3, -0.25) is 9.69 Å². The van der Waals surface area contributed by atoms with Crippen LogP contribution < -0.4 is 0 Å². The van der Waals surface area contributed by atoms with Crippen molar-refractivity contribution in [2.24, 2.45) is 5.92 Å². The predicted octanol–water partition coefficient (Wildman–Crippen LogP) is 3.84. The fourth-order valence-electron chi connectivity index (χ4n) is 4.32. The van der Waals surface area contributed by atoms with E-state index in [4.69, 9.17) is 5.11 Å². The van der Waals surface area contributed by atoms with Crippen LogP contribution in [0.2, 0.25) is 0 Å². The molecule has 0 aromatic carbocycles. The summed E-state index contributed by atoms with van der Waals surface area (Å²) in [6, 6.07) is 3.87. The van der Waals surface area contributed by atoms with Gasteiger partial charge in [0.15, 0.2) is 0 Å². The van der Waals surface area contributed by atoms with E-state index in [9.17, 15) is 4.79 Å². The van der Waals surface area contributed by atoms with E-state index in [1.54, 1.807) is 0 Å². The normalized spacial score (nSPS) is 31.4. The van der Waals surface area contributed by atoms with Crippen molar-refractivity contribution in [2.75, 3.05) is 0 Å². The third kappa shape index (κ3) is 2.51. The summed E-state index contributed by atoms with van der Waals surface area (Å²) in [7, 11) is 0. The molecule has 0 aliphatic carbocycles. The van der Waals surface area contributed by atoms with Crippen LogP contribution in [0.4, 0.5) is 0 Å². The Morgan fingerprint density at radius 3 is 2.60 bits per heavy atom. The van der Waals surface area contributed by atoms with Crippen LogP contribution in [0.1, 0.15) is 55.5 Å². The SMILES string of the molecule is Cc1ccsc1C(C)N1C2CCC1CC(CC(=O)O)C2. The number of piperidine rings is 1. The summed E-state index contributed by atoms with van der Waals surface area (Å²) in [4.78, 5) is 15.1. The zero-order chi connectivity index (χ0) is 14.3. The molecule has 3 rings (SSSR count). The number of rotatable bonds is 4. The summed E-state index contributed by atoms with van der Waals surface area (Å²) in [5, 5.41) is 11.2. The van der Waals surface area contributed by atoms with Crippen LogP contribution in [-0.2, 0) is 4.79 Å². The van der Waals surface area contributed by atoms with Crippen LogP contribution in [0.25, 0.3) is 0 Å². The van der Waals surface area contributed by atoms with Gasteiger partial charge in [0.25, 0.3) is 0 Å². The van der Waals surface area contributed by atoms with Crippen LogP contribution >= 0.6 is 11.3 Å². The van der Waals surface area contributed by atoms with Crippen molar-refractivity contribution in [1.29, 1.82) is 0 Å². The van der Waals surface area contributed by atoms with Crippen molar-refractivity contribution in [3.05, 3.63) is 21.9 Å². The number of carbonyl (C=O) groups is 1. The molecule has 110 valence electrons. The average molecular weight is 293 g/mol. The first-order valence-corrected chi connectivity index (χ1v) is 8.47. The highest BCUT2D eigenvalue weighted by Crippen LogP contribution is 2.45. The lowest BCUT2D eigenvalue weighted by atomic mass is 9.87. The molecular formula is C16H23NO2S. The van der Waals surface area contributed by atoms with E-state index in [0.717, 1.165) is 12.8 Å². The van der Waals surface area contributed by atoms with Crippen LogP contribution in [0.3, 0.4) is 0 Å². The van der Waals surface area contributed by atoms with Crippen LogP contribution in [-0.4, -0.2) is 28.1 Å².